The van der Waals surface area contributed by atoms with Crippen molar-refractivity contribution in [1.29, 1.82) is 0 Å². The van der Waals surface area contributed by atoms with Gasteiger partial charge in [-0.05, 0) is 0 Å². The first-order valence-corrected chi connectivity index (χ1v) is 4.84. The standard InChI is InChI=1S/C6HCl2F11O2/c7-1(20,3(9,10)11)6(18,19)21-2(8,4(12,13)14)5(15,16)17/h20H. The first kappa shape index (κ1) is 20.7. The van der Waals surface area contributed by atoms with Crippen molar-refractivity contribution >= 4 is 23.2 Å². The van der Waals surface area contributed by atoms with Gasteiger partial charge in [0.25, 0.3) is 0 Å². The van der Waals surface area contributed by atoms with E-state index in [0.29, 0.717) is 0 Å². The van der Waals surface area contributed by atoms with Crippen molar-refractivity contribution in [3.63, 3.8) is 0 Å². The monoisotopic (exact) mass is 384 g/mol. The molecule has 0 aromatic rings. The molecule has 0 aliphatic heterocycles. The molecule has 15 heteroatoms. The van der Waals surface area contributed by atoms with Gasteiger partial charge in [-0.25, -0.2) is 0 Å². The fourth-order valence-electron chi connectivity index (χ4n) is 0.686. The minimum Gasteiger partial charge on any atom is -0.361 e. The Kier molecular flexibility index (Phi) is 5.06. The van der Waals surface area contributed by atoms with Gasteiger partial charge >= 0.3 is 34.8 Å². The van der Waals surface area contributed by atoms with Crippen LogP contribution in [0.5, 0.6) is 0 Å². The van der Waals surface area contributed by atoms with Crippen LogP contribution in [-0.2, 0) is 4.74 Å². The maximum Gasteiger partial charge on any atom is 0.441 e. The Balaban J connectivity index is 5.89. The molecule has 0 rings (SSSR count). The van der Waals surface area contributed by atoms with E-state index in [1.54, 1.807) is 0 Å². The summed E-state index contributed by atoms with van der Waals surface area (Å²) < 4.78 is 136. The average molecular weight is 385 g/mol. The van der Waals surface area contributed by atoms with E-state index >= 15 is 0 Å². The summed E-state index contributed by atoms with van der Waals surface area (Å²) in [6.07, 6.45) is -26.8. The number of halogens is 13. The molecule has 0 radical (unpaired) electrons. The summed E-state index contributed by atoms with van der Waals surface area (Å²) in [5.74, 6) is 0. The summed E-state index contributed by atoms with van der Waals surface area (Å²) in [5.41, 5.74) is 0. The number of rotatable bonds is 3. The fraction of sp³-hybridized carbons (Fsp3) is 1.00. The highest BCUT2D eigenvalue weighted by Crippen LogP contribution is 2.55. The van der Waals surface area contributed by atoms with Gasteiger partial charge < -0.3 is 5.11 Å². The molecule has 128 valence electrons. The van der Waals surface area contributed by atoms with Crippen molar-refractivity contribution in [1.82, 2.24) is 0 Å². The van der Waals surface area contributed by atoms with Crippen LogP contribution in [0.3, 0.4) is 0 Å². The molecule has 0 amide bonds. The summed E-state index contributed by atoms with van der Waals surface area (Å²) >= 11 is 7.72. The smallest absolute Gasteiger partial charge is 0.361 e. The highest BCUT2D eigenvalue weighted by molar-refractivity contribution is 6.25. The average Bonchev–Trinajstić information content (AvgIpc) is 2.10. The van der Waals surface area contributed by atoms with Crippen LogP contribution in [0, 0.1) is 0 Å². The van der Waals surface area contributed by atoms with E-state index in [9.17, 15) is 48.3 Å². The zero-order chi connectivity index (χ0) is 17.7. The Morgan fingerprint density at radius 2 is 0.905 bits per heavy atom. The highest BCUT2D eigenvalue weighted by atomic mass is 35.5. The molecule has 21 heavy (non-hydrogen) atoms. The molecule has 0 saturated heterocycles. The minimum atomic E-state index is -6.81. The second-order valence-electron chi connectivity index (χ2n) is 3.33. The zero-order valence-electron chi connectivity index (χ0n) is 8.77. The van der Waals surface area contributed by atoms with Gasteiger partial charge in [0, 0.05) is 0 Å². The van der Waals surface area contributed by atoms with Crippen LogP contribution < -0.4 is 0 Å². The normalized spacial score (nSPS) is 18.6. The van der Waals surface area contributed by atoms with Gasteiger partial charge in [-0.15, -0.1) is 0 Å². The summed E-state index contributed by atoms with van der Waals surface area (Å²) in [6, 6.07) is 0. The molecule has 0 aromatic carbocycles. The Labute approximate surface area is 117 Å². The molecule has 0 fully saturated rings. The molecular formula is C6HCl2F11O2. The quantitative estimate of drug-likeness (QED) is 0.585. The van der Waals surface area contributed by atoms with Gasteiger partial charge in [-0.2, -0.15) is 48.3 Å². The lowest BCUT2D eigenvalue weighted by atomic mass is 10.2. The van der Waals surface area contributed by atoms with Crippen molar-refractivity contribution in [3.05, 3.63) is 0 Å². The van der Waals surface area contributed by atoms with Gasteiger partial charge in [0.05, 0.1) is 0 Å². The maximum atomic E-state index is 12.8. The molecule has 1 unspecified atom stereocenters. The van der Waals surface area contributed by atoms with E-state index in [1.807, 2.05) is 4.74 Å². The highest BCUT2D eigenvalue weighted by Gasteiger charge is 2.80. The van der Waals surface area contributed by atoms with Crippen molar-refractivity contribution in [2.75, 3.05) is 0 Å². The third-order valence-corrected chi connectivity index (χ3v) is 2.70. The number of aliphatic hydroxyl groups is 1. The molecule has 0 aliphatic rings. The van der Waals surface area contributed by atoms with Crippen molar-refractivity contribution < 1.29 is 58.1 Å². The minimum absolute atomic E-state index is 2.03. The van der Waals surface area contributed by atoms with E-state index in [4.69, 9.17) is 5.11 Å². The molecule has 0 aliphatic carbocycles. The molecule has 2 nitrogen and oxygen atoms in total. The summed E-state index contributed by atoms with van der Waals surface area (Å²) in [6.45, 7) is 0. The van der Waals surface area contributed by atoms with Gasteiger partial charge in [-0.1, -0.05) is 23.2 Å². The lowest BCUT2D eigenvalue weighted by molar-refractivity contribution is -0.448. The SMILES string of the molecule is OC(Cl)(C(F)(F)F)C(F)(F)OC(Cl)(C(F)(F)F)C(F)(F)F. The summed E-state index contributed by atoms with van der Waals surface area (Å²) in [7, 11) is 0. The molecule has 1 N–H and O–H groups in total. The largest absolute Gasteiger partial charge is 0.441 e. The maximum absolute atomic E-state index is 12.8. The van der Waals surface area contributed by atoms with Crippen molar-refractivity contribution in [2.45, 2.75) is 34.8 Å². The fourth-order valence-corrected chi connectivity index (χ4v) is 0.821. The molecule has 0 bridgehead atoms. The number of hydrogen-bond donors (Lipinski definition) is 1. The van der Waals surface area contributed by atoms with Crippen molar-refractivity contribution in [2.24, 2.45) is 0 Å². The van der Waals surface area contributed by atoms with E-state index in [-0.39, 0.29) is 0 Å². The van der Waals surface area contributed by atoms with Gasteiger partial charge in [0.1, 0.15) is 0 Å². The third kappa shape index (κ3) is 3.56. The topological polar surface area (TPSA) is 29.5 Å². The zero-order valence-corrected chi connectivity index (χ0v) is 10.3. The molecule has 0 aromatic heterocycles. The molecule has 1 atom stereocenters. The Bertz CT molecular complexity index is 368. The van der Waals surface area contributed by atoms with E-state index in [1.165, 1.54) is 0 Å². The van der Waals surface area contributed by atoms with Gasteiger partial charge in [0.2, 0.25) is 0 Å². The Morgan fingerprint density at radius 3 is 1.10 bits per heavy atom. The Morgan fingerprint density at radius 1 is 0.619 bits per heavy atom. The lowest BCUT2D eigenvalue weighted by Crippen LogP contribution is -2.64. The Hall–Kier alpha value is -0.270. The van der Waals surface area contributed by atoms with Crippen LogP contribution in [0.1, 0.15) is 0 Å². The van der Waals surface area contributed by atoms with Crippen LogP contribution in [0.15, 0.2) is 0 Å². The first-order valence-electron chi connectivity index (χ1n) is 4.09. The number of ether oxygens (including phenoxy) is 1. The van der Waals surface area contributed by atoms with Crippen LogP contribution in [0.2, 0.25) is 0 Å². The third-order valence-electron chi connectivity index (χ3n) is 1.76. The van der Waals surface area contributed by atoms with E-state index < -0.39 is 34.8 Å². The first-order chi connectivity index (χ1) is 8.71. The van der Waals surface area contributed by atoms with Crippen LogP contribution >= 0.6 is 23.2 Å². The van der Waals surface area contributed by atoms with Crippen LogP contribution in [-0.4, -0.2) is 39.9 Å². The molecule has 0 spiro atoms. The van der Waals surface area contributed by atoms with Crippen LogP contribution in [0.25, 0.3) is 0 Å². The number of hydrogen-bond acceptors (Lipinski definition) is 2. The van der Waals surface area contributed by atoms with Crippen LogP contribution in [0.4, 0.5) is 48.3 Å². The van der Waals surface area contributed by atoms with E-state index in [2.05, 4.69) is 23.2 Å². The number of alkyl halides is 13. The lowest BCUT2D eigenvalue weighted by Gasteiger charge is -2.38. The predicted molar refractivity (Wildman–Crippen MR) is 43.6 cm³/mol. The van der Waals surface area contributed by atoms with Gasteiger partial charge in [-0.3, -0.25) is 4.74 Å². The second kappa shape index (κ2) is 5.13. The summed E-state index contributed by atoms with van der Waals surface area (Å²) in [4.78, 5) is 0. The van der Waals surface area contributed by atoms with Crippen molar-refractivity contribution in [3.8, 4) is 0 Å². The van der Waals surface area contributed by atoms with Gasteiger partial charge in [0.15, 0.2) is 0 Å². The summed E-state index contributed by atoms with van der Waals surface area (Å²) in [5, 5.41) is -3.89. The predicted octanol–water partition coefficient (Wildman–Crippen LogP) is 4.15. The van der Waals surface area contributed by atoms with E-state index in [0.717, 1.165) is 0 Å². The molecular weight excluding hydrogens is 384 g/mol. The molecule has 0 saturated carbocycles. The molecule has 0 heterocycles. The second-order valence-corrected chi connectivity index (χ2v) is 4.41.